The predicted molar refractivity (Wildman–Crippen MR) is 162 cm³/mol. The van der Waals surface area contributed by atoms with E-state index < -0.39 is 79.8 Å². The van der Waals surface area contributed by atoms with Crippen molar-refractivity contribution >= 4 is 29.5 Å². The van der Waals surface area contributed by atoms with Gasteiger partial charge in [-0.25, -0.2) is 4.39 Å². The number of carbonyl (C=O) groups is 5. The van der Waals surface area contributed by atoms with Gasteiger partial charge in [0.1, 0.15) is 11.9 Å². The van der Waals surface area contributed by atoms with E-state index in [1.165, 1.54) is 24.3 Å². The molecule has 0 aromatic heterocycles. The topological polar surface area (TPSA) is 180 Å². The quantitative estimate of drug-likeness (QED) is 0.135. The second-order valence-corrected chi connectivity index (χ2v) is 10.5. The van der Waals surface area contributed by atoms with Crippen molar-refractivity contribution in [3.63, 3.8) is 0 Å². The molecule has 3 aromatic carbocycles. The summed E-state index contributed by atoms with van der Waals surface area (Å²) in [5.41, 5.74) is 7.31. The number of aliphatic hydroxyl groups is 1. The summed E-state index contributed by atoms with van der Waals surface area (Å²) in [6, 6.07) is 17.5. The van der Waals surface area contributed by atoms with Crippen molar-refractivity contribution in [1.29, 1.82) is 0 Å². The van der Waals surface area contributed by atoms with Crippen LogP contribution in [-0.2, 0) is 25.6 Å². The number of carbonyl (C=O) groups excluding carboxylic acids is 5. The van der Waals surface area contributed by atoms with Gasteiger partial charge in [0.25, 0.3) is 5.91 Å². The van der Waals surface area contributed by atoms with E-state index in [0.717, 1.165) is 11.1 Å². The molecule has 250 valence electrons. The molecule has 0 aliphatic rings. The van der Waals surface area contributed by atoms with Crippen LogP contribution in [0.1, 0.15) is 28.8 Å². The molecule has 0 aliphatic carbocycles. The van der Waals surface area contributed by atoms with E-state index in [0.29, 0.717) is 5.56 Å². The minimum absolute atomic E-state index is 0.0349. The molecule has 0 heterocycles. The van der Waals surface area contributed by atoms with Crippen molar-refractivity contribution < 1.29 is 46.6 Å². The van der Waals surface area contributed by atoms with Crippen molar-refractivity contribution in [2.24, 2.45) is 5.73 Å². The molecule has 0 aliphatic heterocycles. The molecule has 11 nitrogen and oxygen atoms in total. The minimum atomic E-state index is -5.10. The summed E-state index contributed by atoms with van der Waals surface area (Å²) in [5.74, 6) is -4.62. The van der Waals surface area contributed by atoms with Gasteiger partial charge in [-0.2, -0.15) is 13.2 Å². The normalized spacial score (nSPS) is 13.0. The van der Waals surface area contributed by atoms with Crippen molar-refractivity contribution in [3.05, 3.63) is 95.8 Å². The summed E-state index contributed by atoms with van der Waals surface area (Å²) in [6.07, 6.45) is -9.28. The number of primary amides is 1. The number of rotatable bonds is 15. The SMILES string of the molecule is NC(=O)CCC(NC(=O)CNC(=O)[C@H](Cc1ccccc1)NC(=O)CNC(=O)c1ccc(-c2ccc(F)cc2)cc1)C(O)C(F)(F)F. The van der Waals surface area contributed by atoms with Crippen molar-refractivity contribution in [1.82, 2.24) is 21.3 Å². The van der Waals surface area contributed by atoms with E-state index in [2.05, 4.69) is 16.0 Å². The van der Waals surface area contributed by atoms with Crippen molar-refractivity contribution in [2.45, 2.75) is 43.6 Å². The Kier molecular flexibility index (Phi) is 13.0. The third kappa shape index (κ3) is 11.9. The standard InChI is InChI=1S/C32H33F4N5O6/c33-23-12-10-21(11-13-23)20-6-8-22(9-7-20)30(46)38-17-28(44)41-25(16-19-4-2-1-3-5-19)31(47)39-18-27(43)40-24(14-15-26(37)42)29(45)32(34,35)36/h1-13,24-25,29,45H,14-18H2,(H2,37,42)(H,38,46)(H,39,47)(H,40,43)(H,41,44)/t24?,25-,29?/m0/s1. The Balaban J connectivity index is 1.59. The van der Waals surface area contributed by atoms with Gasteiger partial charge in [0.05, 0.1) is 19.1 Å². The molecule has 0 saturated carbocycles. The maximum absolute atomic E-state index is 13.2. The molecule has 0 spiro atoms. The lowest BCUT2D eigenvalue weighted by atomic mass is 10.0. The Morgan fingerprint density at radius 2 is 1.32 bits per heavy atom. The molecular formula is C32H33F4N5O6. The molecule has 0 radical (unpaired) electrons. The average molecular weight is 660 g/mol. The number of alkyl halides is 3. The van der Waals surface area contributed by atoms with Crippen LogP contribution in [0.2, 0.25) is 0 Å². The molecular weight excluding hydrogens is 626 g/mol. The molecule has 2 unspecified atom stereocenters. The number of hydrogen-bond donors (Lipinski definition) is 6. The molecule has 0 saturated heterocycles. The molecule has 3 rings (SSSR count). The van der Waals surface area contributed by atoms with Gasteiger partial charge in [0.2, 0.25) is 23.6 Å². The number of nitrogens with two attached hydrogens (primary N) is 1. The zero-order valence-corrected chi connectivity index (χ0v) is 24.9. The summed E-state index contributed by atoms with van der Waals surface area (Å²) < 4.78 is 52.4. The second kappa shape index (κ2) is 16.8. The first-order valence-electron chi connectivity index (χ1n) is 14.3. The molecule has 7 N–H and O–H groups in total. The van der Waals surface area contributed by atoms with Gasteiger partial charge in [0, 0.05) is 18.4 Å². The number of amides is 5. The lowest BCUT2D eigenvalue weighted by molar-refractivity contribution is -0.212. The third-order valence-corrected chi connectivity index (χ3v) is 6.86. The predicted octanol–water partition coefficient (Wildman–Crippen LogP) is 1.74. The van der Waals surface area contributed by atoms with Crippen molar-refractivity contribution in [3.8, 4) is 11.1 Å². The summed E-state index contributed by atoms with van der Waals surface area (Å²) in [4.78, 5) is 61.8. The molecule has 5 amide bonds. The smallest absolute Gasteiger partial charge is 0.382 e. The van der Waals surface area contributed by atoms with Crippen LogP contribution in [0.15, 0.2) is 78.9 Å². The molecule has 3 aromatic rings. The highest BCUT2D eigenvalue weighted by atomic mass is 19.4. The van der Waals surface area contributed by atoms with Gasteiger partial charge in [0.15, 0.2) is 6.10 Å². The fraction of sp³-hybridized carbons (Fsp3) is 0.281. The zero-order valence-electron chi connectivity index (χ0n) is 24.9. The van der Waals surface area contributed by atoms with Gasteiger partial charge in [-0.1, -0.05) is 54.6 Å². The summed E-state index contributed by atoms with van der Waals surface area (Å²) in [5, 5.41) is 18.7. The zero-order chi connectivity index (χ0) is 34.6. The Hall–Kier alpha value is -5.31. The van der Waals surface area contributed by atoms with Crippen molar-refractivity contribution in [2.75, 3.05) is 13.1 Å². The number of nitrogens with one attached hydrogen (secondary N) is 4. The van der Waals surface area contributed by atoms with E-state index in [9.17, 15) is 46.6 Å². The monoisotopic (exact) mass is 659 g/mol. The highest BCUT2D eigenvalue weighted by Crippen LogP contribution is 2.24. The molecule has 15 heteroatoms. The van der Waals surface area contributed by atoms with Gasteiger partial charge >= 0.3 is 6.18 Å². The number of hydrogen-bond acceptors (Lipinski definition) is 6. The third-order valence-electron chi connectivity index (χ3n) is 6.86. The van der Waals surface area contributed by atoms with Crippen LogP contribution in [0, 0.1) is 5.82 Å². The Labute approximate surface area is 266 Å². The van der Waals surface area contributed by atoms with Gasteiger partial charge < -0.3 is 32.1 Å². The van der Waals surface area contributed by atoms with Crippen LogP contribution in [0.25, 0.3) is 11.1 Å². The highest BCUT2D eigenvalue weighted by molar-refractivity contribution is 5.97. The van der Waals surface area contributed by atoms with E-state index in [4.69, 9.17) is 5.73 Å². The largest absolute Gasteiger partial charge is 0.416 e. The summed E-state index contributed by atoms with van der Waals surface area (Å²) in [6.45, 7) is -1.34. The molecule has 0 bridgehead atoms. The van der Waals surface area contributed by atoms with Crippen LogP contribution in [-0.4, -0.2) is 72.1 Å². The highest BCUT2D eigenvalue weighted by Gasteiger charge is 2.44. The second-order valence-electron chi connectivity index (χ2n) is 10.5. The minimum Gasteiger partial charge on any atom is -0.382 e. The van der Waals surface area contributed by atoms with Crippen LogP contribution < -0.4 is 27.0 Å². The fourth-order valence-electron chi connectivity index (χ4n) is 4.41. The number of aliphatic hydroxyl groups excluding tert-OH is 1. The van der Waals surface area contributed by atoms with Gasteiger partial charge in [-0.05, 0) is 47.4 Å². The van der Waals surface area contributed by atoms with Gasteiger partial charge in [-0.3, -0.25) is 24.0 Å². The molecule has 3 atom stereocenters. The average Bonchev–Trinajstić information content (AvgIpc) is 3.04. The van der Waals surface area contributed by atoms with Gasteiger partial charge in [-0.15, -0.1) is 0 Å². The maximum atomic E-state index is 13.2. The fourth-order valence-corrected chi connectivity index (χ4v) is 4.41. The lowest BCUT2D eigenvalue weighted by Crippen LogP contribution is -2.54. The first kappa shape index (κ1) is 36.2. The Morgan fingerprint density at radius 1 is 0.766 bits per heavy atom. The Bertz CT molecular complexity index is 1540. The summed E-state index contributed by atoms with van der Waals surface area (Å²) in [7, 11) is 0. The maximum Gasteiger partial charge on any atom is 0.416 e. The first-order valence-corrected chi connectivity index (χ1v) is 14.3. The van der Waals surface area contributed by atoms with E-state index in [1.54, 1.807) is 54.6 Å². The Morgan fingerprint density at radius 3 is 1.89 bits per heavy atom. The van der Waals surface area contributed by atoms with Crippen LogP contribution >= 0.6 is 0 Å². The number of halogens is 4. The van der Waals surface area contributed by atoms with E-state index in [1.807, 2.05) is 5.32 Å². The van der Waals surface area contributed by atoms with Crippen LogP contribution in [0.5, 0.6) is 0 Å². The van der Waals surface area contributed by atoms with E-state index >= 15 is 0 Å². The van der Waals surface area contributed by atoms with E-state index in [-0.39, 0.29) is 17.8 Å². The van der Waals surface area contributed by atoms with Crippen LogP contribution in [0.4, 0.5) is 17.6 Å². The molecule has 47 heavy (non-hydrogen) atoms. The van der Waals surface area contributed by atoms with Crippen LogP contribution in [0.3, 0.4) is 0 Å². The number of benzene rings is 3. The lowest BCUT2D eigenvalue weighted by Gasteiger charge is -2.26. The summed E-state index contributed by atoms with van der Waals surface area (Å²) >= 11 is 0. The first-order chi connectivity index (χ1) is 22.2. The molecule has 0 fully saturated rings.